The summed E-state index contributed by atoms with van der Waals surface area (Å²) in [6.45, 7) is 8.15. The number of hydrogen-bond donors (Lipinski definition) is 1. The van der Waals surface area contributed by atoms with Gasteiger partial charge in [0.1, 0.15) is 6.54 Å². The van der Waals surface area contributed by atoms with Crippen LogP contribution in [0.15, 0.2) is 41.4 Å². The van der Waals surface area contributed by atoms with Crippen LogP contribution in [-0.4, -0.2) is 48.8 Å². The maximum absolute atomic E-state index is 13.0. The third-order valence-corrected chi connectivity index (χ3v) is 8.61. The maximum atomic E-state index is 13.0. The summed E-state index contributed by atoms with van der Waals surface area (Å²) >= 11 is 1.47. The fourth-order valence-electron chi connectivity index (χ4n) is 4.24. The minimum atomic E-state index is -3.03. The van der Waals surface area contributed by atoms with Gasteiger partial charge in [-0.3, -0.25) is 9.79 Å². The number of amides is 1. The molecule has 2 aliphatic rings. The minimum Gasteiger partial charge on any atom is -0.325 e. The fourth-order valence-corrected chi connectivity index (χ4v) is 8.02. The van der Waals surface area contributed by atoms with Gasteiger partial charge in [-0.15, -0.1) is 0 Å². The van der Waals surface area contributed by atoms with Gasteiger partial charge in [0.05, 0.1) is 17.5 Å². The second-order valence-corrected chi connectivity index (χ2v) is 11.9. The van der Waals surface area contributed by atoms with Crippen molar-refractivity contribution in [1.29, 1.82) is 0 Å². The van der Waals surface area contributed by atoms with Crippen LogP contribution in [0.2, 0.25) is 0 Å². The van der Waals surface area contributed by atoms with Crippen molar-refractivity contribution in [3.8, 4) is 0 Å². The predicted molar refractivity (Wildman–Crippen MR) is 129 cm³/mol. The highest BCUT2D eigenvalue weighted by atomic mass is 32.2. The second-order valence-electron chi connectivity index (χ2n) is 8.57. The SMILES string of the molecule is Cc1cc(C)cc(NC(=O)CN(C2=N[C@@H]3CS(=O)(=O)C[C@H]3S2)c2cc(C)cc(C)c2)c1. The van der Waals surface area contributed by atoms with Gasteiger partial charge in [-0.1, -0.05) is 23.9 Å². The lowest BCUT2D eigenvalue weighted by atomic mass is 10.1. The van der Waals surface area contributed by atoms with Gasteiger partial charge in [0.2, 0.25) is 5.91 Å². The van der Waals surface area contributed by atoms with E-state index in [9.17, 15) is 13.2 Å². The second kappa shape index (κ2) is 8.31. The summed E-state index contributed by atoms with van der Waals surface area (Å²) in [5.74, 6) is 0.0890. The van der Waals surface area contributed by atoms with Crippen LogP contribution in [0.3, 0.4) is 0 Å². The fraction of sp³-hybridized carbons (Fsp3) is 0.391. The van der Waals surface area contributed by atoms with E-state index < -0.39 is 9.84 Å². The molecular formula is C23H27N3O3S2. The summed E-state index contributed by atoms with van der Waals surface area (Å²) in [4.78, 5) is 19.6. The Morgan fingerprint density at radius 3 is 2.16 bits per heavy atom. The average Bonchev–Trinajstić information content (AvgIpc) is 3.11. The van der Waals surface area contributed by atoms with Crippen molar-refractivity contribution in [3.63, 3.8) is 0 Å². The van der Waals surface area contributed by atoms with Crippen LogP contribution in [0.25, 0.3) is 0 Å². The monoisotopic (exact) mass is 457 g/mol. The van der Waals surface area contributed by atoms with Crippen molar-refractivity contribution in [2.45, 2.75) is 39.0 Å². The number of anilines is 2. The van der Waals surface area contributed by atoms with Gasteiger partial charge in [-0.05, 0) is 74.2 Å². The largest absolute Gasteiger partial charge is 0.325 e. The van der Waals surface area contributed by atoms with Crippen LogP contribution >= 0.6 is 11.8 Å². The number of aliphatic imine (C=N–C) groups is 1. The molecule has 0 bridgehead atoms. The highest BCUT2D eigenvalue weighted by Crippen LogP contribution is 2.37. The van der Waals surface area contributed by atoms with Crippen molar-refractivity contribution >= 4 is 44.0 Å². The van der Waals surface area contributed by atoms with E-state index in [1.165, 1.54) is 11.8 Å². The van der Waals surface area contributed by atoms with Gasteiger partial charge < -0.3 is 10.2 Å². The molecule has 1 fully saturated rings. The van der Waals surface area contributed by atoms with Gasteiger partial charge in [0.25, 0.3) is 0 Å². The van der Waals surface area contributed by atoms with Crippen LogP contribution in [0, 0.1) is 27.7 Å². The van der Waals surface area contributed by atoms with E-state index in [0.29, 0.717) is 5.17 Å². The van der Waals surface area contributed by atoms with Crippen molar-refractivity contribution in [1.82, 2.24) is 0 Å². The molecule has 0 radical (unpaired) electrons. The van der Waals surface area contributed by atoms with Crippen molar-refractivity contribution < 1.29 is 13.2 Å². The summed E-state index contributed by atoms with van der Waals surface area (Å²) in [6, 6.07) is 11.9. The molecule has 0 spiro atoms. The number of rotatable bonds is 4. The summed E-state index contributed by atoms with van der Waals surface area (Å²) in [6.07, 6.45) is 0. The zero-order chi connectivity index (χ0) is 22.3. The molecule has 0 aromatic heterocycles. The van der Waals surface area contributed by atoms with Gasteiger partial charge in [0.15, 0.2) is 15.0 Å². The standard InChI is InChI=1S/C23H27N3O3S2/c1-14-5-15(2)8-18(7-14)24-22(27)11-26(19-9-16(3)6-17(4)10-19)23-25-20-12-31(28,29)13-21(20)30-23/h5-10,20-21H,11-13H2,1-4H3,(H,24,27)/t20-,21-/m1/s1. The highest BCUT2D eigenvalue weighted by molar-refractivity contribution is 8.15. The Morgan fingerprint density at radius 2 is 1.58 bits per heavy atom. The molecule has 2 aromatic rings. The molecule has 2 atom stereocenters. The first kappa shape index (κ1) is 21.9. The number of aryl methyl sites for hydroxylation is 4. The van der Waals surface area contributed by atoms with E-state index in [2.05, 4.69) is 17.4 Å². The Kier molecular flexibility index (Phi) is 5.87. The molecule has 4 rings (SSSR count). The molecule has 0 saturated carbocycles. The van der Waals surface area contributed by atoms with Crippen LogP contribution < -0.4 is 10.2 Å². The molecule has 2 aliphatic heterocycles. The first-order valence-corrected chi connectivity index (χ1v) is 13.0. The van der Waals surface area contributed by atoms with E-state index in [1.54, 1.807) is 0 Å². The number of carbonyl (C=O) groups excluding carboxylic acids is 1. The molecule has 0 aliphatic carbocycles. The Bertz CT molecular complexity index is 1130. The van der Waals surface area contributed by atoms with E-state index in [-0.39, 0.29) is 35.2 Å². The first-order valence-electron chi connectivity index (χ1n) is 10.3. The molecule has 2 aromatic carbocycles. The molecule has 8 heteroatoms. The van der Waals surface area contributed by atoms with Crippen LogP contribution in [0.5, 0.6) is 0 Å². The van der Waals surface area contributed by atoms with Gasteiger partial charge in [-0.2, -0.15) is 0 Å². The summed E-state index contributed by atoms with van der Waals surface area (Å²) < 4.78 is 23.9. The molecular weight excluding hydrogens is 430 g/mol. The van der Waals surface area contributed by atoms with Crippen molar-refractivity contribution in [3.05, 3.63) is 58.7 Å². The highest BCUT2D eigenvalue weighted by Gasteiger charge is 2.44. The smallest absolute Gasteiger partial charge is 0.244 e. The molecule has 1 saturated heterocycles. The lowest BCUT2D eigenvalue weighted by Crippen LogP contribution is -2.36. The Hall–Kier alpha value is -2.32. The van der Waals surface area contributed by atoms with Crippen LogP contribution in [-0.2, 0) is 14.6 Å². The topological polar surface area (TPSA) is 78.8 Å². The third-order valence-electron chi connectivity index (χ3n) is 5.36. The molecule has 0 unspecified atom stereocenters. The number of sulfone groups is 1. The third kappa shape index (κ3) is 5.13. The van der Waals surface area contributed by atoms with Gasteiger partial charge >= 0.3 is 0 Å². The maximum Gasteiger partial charge on any atom is 0.244 e. The normalized spacial score (nSPS) is 21.5. The molecule has 31 heavy (non-hydrogen) atoms. The summed E-state index contributed by atoms with van der Waals surface area (Å²) in [5, 5.41) is 3.64. The van der Waals surface area contributed by atoms with Crippen molar-refractivity contribution in [2.24, 2.45) is 4.99 Å². The number of fused-ring (bicyclic) bond motifs is 1. The molecule has 164 valence electrons. The summed E-state index contributed by atoms with van der Waals surface area (Å²) in [7, 11) is -3.03. The predicted octanol–water partition coefficient (Wildman–Crippen LogP) is 3.63. The van der Waals surface area contributed by atoms with Crippen LogP contribution in [0.1, 0.15) is 22.3 Å². The number of nitrogens with one attached hydrogen (secondary N) is 1. The Labute approximate surface area is 188 Å². The molecule has 1 N–H and O–H groups in total. The lowest BCUT2D eigenvalue weighted by Gasteiger charge is -2.25. The van der Waals surface area contributed by atoms with Crippen molar-refractivity contribution in [2.75, 3.05) is 28.3 Å². The number of hydrogen-bond acceptors (Lipinski definition) is 6. The zero-order valence-corrected chi connectivity index (χ0v) is 19.8. The lowest BCUT2D eigenvalue weighted by molar-refractivity contribution is -0.114. The molecule has 6 nitrogen and oxygen atoms in total. The minimum absolute atomic E-state index is 0.0733. The quantitative estimate of drug-likeness (QED) is 0.758. The zero-order valence-electron chi connectivity index (χ0n) is 18.2. The summed E-state index contributed by atoms with van der Waals surface area (Å²) in [5.41, 5.74) is 6.04. The Morgan fingerprint density at radius 1 is 1.00 bits per heavy atom. The number of benzene rings is 2. The molecule has 1 amide bonds. The van der Waals surface area contributed by atoms with Gasteiger partial charge in [0, 0.05) is 16.6 Å². The number of thioether (sulfide) groups is 1. The van der Waals surface area contributed by atoms with E-state index in [0.717, 1.165) is 33.6 Å². The molecule has 2 heterocycles. The number of carbonyl (C=O) groups is 1. The average molecular weight is 458 g/mol. The Balaban J connectivity index is 1.61. The van der Waals surface area contributed by atoms with Gasteiger partial charge in [-0.25, -0.2) is 8.42 Å². The first-order chi connectivity index (χ1) is 14.6. The van der Waals surface area contributed by atoms with Crippen LogP contribution in [0.4, 0.5) is 11.4 Å². The number of nitrogens with zero attached hydrogens (tertiary/aromatic N) is 2. The van der Waals surface area contributed by atoms with E-state index in [4.69, 9.17) is 4.99 Å². The number of amidine groups is 1. The van der Waals surface area contributed by atoms with E-state index >= 15 is 0 Å². The van der Waals surface area contributed by atoms with E-state index in [1.807, 2.05) is 56.9 Å².